The van der Waals surface area contributed by atoms with Crippen LogP contribution >= 0.6 is 0 Å². The number of nitrogens with one attached hydrogen (secondary N) is 9. The zero-order chi connectivity index (χ0) is 70.8. The van der Waals surface area contributed by atoms with Crippen molar-refractivity contribution in [3.8, 4) is 5.75 Å². The molecule has 34 nitrogen and oxygen atoms in total. The van der Waals surface area contributed by atoms with Gasteiger partial charge in [-0.2, -0.15) is 0 Å². The number of rotatable bonds is 42. The summed E-state index contributed by atoms with van der Waals surface area (Å²) < 4.78 is 0. The maximum atomic E-state index is 14.7. The number of benzene rings is 2. The van der Waals surface area contributed by atoms with Crippen LogP contribution in [0.2, 0.25) is 0 Å². The van der Waals surface area contributed by atoms with Crippen LogP contribution in [0, 0.1) is 5.92 Å². The fourth-order valence-electron chi connectivity index (χ4n) is 10.2. The molecule has 0 saturated carbocycles. The van der Waals surface area contributed by atoms with Gasteiger partial charge < -0.3 is 109 Å². The molecular formula is C61H100N22O12. The van der Waals surface area contributed by atoms with Gasteiger partial charge in [0.15, 0.2) is 17.9 Å². The molecular weight excluding hydrogens is 1230 g/mol. The monoisotopic (exact) mass is 1330 g/mol. The molecule has 0 aromatic heterocycles. The summed E-state index contributed by atoms with van der Waals surface area (Å²) >= 11 is 0. The first-order valence-corrected chi connectivity index (χ1v) is 31.6. The van der Waals surface area contributed by atoms with Crippen LogP contribution in [0.1, 0.15) is 116 Å². The molecule has 34 heteroatoms. The maximum absolute atomic E-state index is 14.7. The van der Waals surface area contributed by atoms with E-state index in [-0.39, 0.29) is 126 Å². The Bertz CT molecular complexity index is 2980. The number of guanidine groups is 3. The first-order valence-electron chi connectivity index (χ1n) is 31.6. The van der Waals surface area contributed by atoms with E-state index in [0.29, 0.717) is 36.9 Å². The number of likely N-dealkylation sites (tertiary alicyclic amines) is 1. The Morgan fingerprint density at radius 3 is 1.63 bits per heavy atom. The van der Waals surface area contributed by atoms with Crippen molar-refractivity contribution in [3.05, 3.63) is 65.7 Å². The number of phenols is 1. The minimum Gasteiger partial charge on any atom is -0.508 e. The number of hydrogen-bond acceptors (Lipinski definition) is 17. The molecule has 1 aliphatic heterocycles. The first-order chi connectivity index (χ1) is 44.9. The Morgan fingerprint density at radius 1 is 0.579 bits per heavy atom. The summed E-state index contributed by atoms with van der Waals surface area (Å²) in [6.07, 6.45) is 2.13. The van der Waals surface area contributed by atoms with Crippen molar-refractivity contribution >= 4 is 82.9 Å². The van der Waals surface area contributed by atoms with Crippen LogP contribution in [-0.2, 0) is 65.6 Å². The maximum Gasteiger partial charge on any atom is 0.246 e. The fraction of sp³-hybridized carbons (Fsp3) is 0.574. The average Bonchev–Trinajstić information content (AvgIpc) is 1.79. The van der Waals surface area contributed by atoms with E-state index in [1.54, 1.807) is 56.3 Å². The van der Waals surface area contributed by atoms with Gasteiger partial charge in [0.1, 0.15) is 53.6 Å². The lowest BCUT2D eigenvalue weighted by Crippen LogP contribution is -2.63. The topological polar surface area (TPSA) is 591 Å². The fourth-order valence-corrected chi connectivity index (χ4v) is 10.2. The van der Waals surface area contributed by atoms with Crippen molar-refractivity contribution in [1.82, 2.24) is 52.8 Å². The Hall–Kier alpha value is -9.86. The van der Waals surface area contributed by atoms with Crippen LogP contribution in [0.3, 0.4) is 0 Å². The molecule has 526 valence electrons. The molecule has 0 unspecified atom stereocenters. The minimum atomic E-state index is -1.79. The van der Waals surface area contributed by atoms with Crippen molar-refractivity contribution in [1.29, 1.82) is 0 Å². The Balaban J connectivity index is 1.88. The van der Waals surface area contributed by atoms with Crippen molar-refractivity contribution in [2.75, 3.05) is 45.8 Å². The molecule has 0 bridgehead atoms. The first kappa shape index (κ1) is 79.4. The zero-order valence-electron chi connectivity index (χ0n) is 54.7. The van der Waals surface area contributed by atoms with Crippen LogP contribution in [0.15, 0.2) is 69.6 Å². The van der Waals surface area contributed by atoms with E-state index in [9.17, 15) is 57.8 Å². The van der Waals surface area contributed by atoms with Crippen LogP contribution in [0.4, 0.5) is 0 Å². The van der Waals surface area contributed by atoms with Crippen LogP contribution < -0.4 is 99.5 Å². The summed E-state index contributed by atoms with van der Waals surface area (Å²) in [4.78, 5) is 165. The van der Waals surface area contributed by atoms with Gasteiger partial charge in [0.2, 0.25) is 65.0 Å². The molecule has 2 aromatic rings. The van der Waals surface area contributed by atoms with Crippen molar-refractivity contribution < 1.29 is 57.8 Å². The number of nitrogens with zero attached hydrogens (tertiary/aromatic N) is 4. The third-order valence-electron chi connectivity index (χ3n) is 15.2. The van der Waals surface area contributed by atoms with Crippen molar-refractivity contribution in [2.45, 2.75) is 171 Å². The normalized spacial score (nSPS) is 15.4. The smallest absolute Gasteiger partial charge is 0.246 e. The van der Waals surface area contributed by atoms with Gasteiger partial charge in [-0.05, 0) is 133 Å². The summed E-state index contributed by atoms with van der Waals surface area (Å²) in [5.41, 5.74) is 50.1. The van der Waals surface area contributed by atoms with Gasteiger partial charge in [-0.3, -0.25) is 67.7 Å². The molecule has 0 radical (unpaired) electrons. The van der Waals surface area contributed by atoms with E-state index in [4.69, 9.17) is 51.6 Å². The number of carbonyl (C=O) groups excluding carboxylic acids is 11. The number of phenolic OH excluding ortho intramolecular Hbond substituents is 1. The quantitative estimate of drug-likeness (QED) is 0.0167. The van der Waals surface area contributed by atoms with Gasteiger partial charge in [-0.25, -0.2) is 0 Å². The highest BCUT2D eigenvalue weighted by atomic mass is 16.3. The number of aromatic hydroxyl groups is 1. The third-order valence-corrected chi connectivity index (χ3v) is 15.2. The van der Waals surface area contributed by atoms with Crippen LogP contribution in [0.25, 0.3) is 0 Å². The second kappa shape index (κ2) is 41.0. The Labute approximate surface area is 552 Å². The predicted molar refractivity (Wildman–Crippen MR) is 356 cm³/mol. The molecule has 1 aliphatic rings. The van der Waals surface area contributed by atoms with E-state index in [0.717, 1.165) is 0 Å². The van der Waals surface area contributed by atoms with Gasteiger partial charge in [-0.1, -0.05) is 56.3 Å². The van der Waals surface area contributed by atoms with Gasteiger partial charge in [0.05, 0.1) is 19.1 Å². The zero-order valence-corrected chi connectivity index (χ0v) is 54.7. The number of primary amides is 1. The summed E-state index contributed by atoms with van der Waals surface area (Å²) in [5.74, 6) is -9.41. The van der Waals surface area contributed by atoms with Crippen LogP contribution in [0.5, 0.6) is 5.75 Å². The molecule has 2 aromatic carbocycles. The van der Waals surface area contributed by atoms with Gasteiger partial charge in [-0.15, -0.1) is 0 Å². The van der Waals surface area contributed by atoms with Crippen molar-refractivity contribution in [2.24, 2.45) is 72.5 Å². The lowest BCUT2D eigenvalue weighted by molar-refractivity contribution is -0.142. The summed E-state index contributed by atoms with van der Waals surface area (Å²) in [6, 6.07) is 4.77. The predicted octanol–water partition coefficient (Wildman–Crippen LogP) is -5.65. The molecule has 1 heterocycles. The molecule has 95 heavy (non-hydrogen) atoms. The number of hydrogen-bond donors (Lipinski definition) is 19. The molecule has 1 fully saturated rings. The highest BCUT2D eigenvalue weighted by Crippen LogP contribution is 2.22. The molecule has 28 N–H and O–H groups in total. The van der Waals surface area contributed by atoms with E-state index in [1.807, 2.05) is 0 Å². The number of nitrogens with two attached hydrogens (primary N) is 9. The highest BCUT2D eigenvalue weighted by Gasteiger charge is 2.41. The number of carbonyl (C=O) groups is 11. The third kappa shape index (κ3) is 29.7. The van der Waals surface area contributed by atoms with E-state index >= 15 is 0 Å². The highest BCUT2D eigenvalue weighted by molar-refractivity contribution is 5.99. The molecule has 3 rings (SSSR count). The Kier molecular flexibility index (Phi) is 34.2. The number of amides is 11. The molecule has 0 spiro atoms. The van der Waals surface area contributed by atoms with Gasteiger partial charge in [0.25, 0.3) is 0 Å². The van der Waals surface area contributed by atoms with E-state index in [2.05, 4.69) is 62.8 Å². The molecule has 1 saturated heterocycles. The largest absolute Gasteiger partial charge is 0.508 e. The minimum absolute atomic E-state index is 0.000850. The average molecular weight is 1330 g/mol. The second-order valence-electron chi connectivity index (χ2n) is 23.9. The summed E-state index contributed by atoms with van der Waals surface area (Å²) in [5, 5.41) is 33.2. The van der Waals surface area contributed by atoms with Crippen LogP contribution in [-0.4, -0.2) is 193 Å². The number of aliphatic imine (C=N–C) groups is 3. The molecule has 9 atom stereocenters. The molecule has 11 amide bonds. The molecule has 0 aliphatic carbocycles. The number of unbranched alkanes of at least 4 members (excludes halogenated alkanes) is 1. The lowest BCUT2D eigenvalue weighted by atomic mass is 9.90. The van der Waals surface area contributed by atoms with E-state index < -0.39 is 132 Å². The van der Waals surface area contributed by atoms with Gasteiger partial charge in [0, 0.05) is 32.6 Å². The standard InChI is InChI=1S/C61H100N22O12/c1-35(2)30-45(81-57(95)61(4,32-38-14-6-5-7-15-38)82-48(86)34-74-47(85)33-75-51(89)40(63)31-37-21-23-39(84)24-22-37)54(92)79-43(18-11-27-72-59(67)68)53(91)78-42(17-10-26-71-58(65)66)52(90)76-36(3)50(88)80-44(19-12-28-73-60(69)70)56(94)83-29-13-20-46(83)55(93)77-41(49(64)87)16-8-9-25-62/h5-7,14-15,21-24,35-36,40-46,84H,8-13,16-20,25-34,62-63H2,1-4H3,(H2,64,87)(H,74,85)(H,75,89)(H,76,90)(H,77,93)(H,78,91)(H,79,92)(H,80,88)(H,81,95)(H,82,86)(H4,65,66,71)(H4,67,68,72)(H4,69,70,73)/t36-,40+,41+,42+,43+,44+,45+,46+,61+/m1/s1. The van der Waals surface area contributed by atoms with Gasteiger partial charge >= 0.3 is 0 Å². The van der Waals surface area contributed by atoms with Crippen molar-refractivity contribution in [3.63, 3.8) is 0 Å². The summed E-state index contributed by atoms with van der Waals surface area (Å²) in [6.45, 7) is 5.73. The lowest BCUT2D eigenvalue weighted by Gasteiger charge is -2.33. The second-order valence-corrected chi connectivity index (χ2v) is 23.9. The summed E-state index contributed by atoms with van der Waals surface area (Å²) in [7, 11) is 0. The Morgan fingerprint density at radius 2 is 1.09 bits per heavy atom. The SMILES string of the molecule is CC(C)C[C@H](NC(=O)[C@](C)(Cc1ccccc1)NC(=O)CNC(=O)CNC(=O)[C@@H](N)Cc1ccc(O)cc1)C(=O)N[C@@H](CCCN=C(N)N)C(=O)N[C@@H](CCCN=C(N)N)C(=O)N[C@H](C)C(=O)N[C@@H](CCCN=C(N)N)C(=O)N1CCC[C@H]1C(=O)N[C@@H](CCCCN)C(N)=O. The van der Waals surface area contributed by atoms with E-state index in [1.165, 1.54) is 30.9 Å².